The molecule has 1 aromatic heterocycles. The Morgan fingerprint density at radius 3 is 2.88 bits per heavy atom. The van der Waals surface area contributed by atoms with Gasteiger partial charge in [-0.3, -0.25) is 4.99 Å². The number of aliphatic imine (C=N–C) groups is 1. The van der Waals surface area contributed by atoms with Crippen LogP contribution in [0.5, 0.6) is 0 Å². The quantitative estimate of drug-likeness (QED) is 0.480. The van der Waals surface area contributed by atoms with Gasteiger partial charge in [-0.1, -0.05) is 6.92 Å². The topological polar surface area (TPSA) is 54.7 Å². The lowest BCUT2D eigenvalue weighted by atomic mass is 9.93. The molecule has 0 radical (unpaired) electrons. The van der Waals surface area contributed by atoms with Gasteiger partial charge in [0.2, 0.25) is 0 Å². The molecule has 0 amide bonds. The summed E-state index contributed by atoms with van der Waals surface area (Å²) < 4.78 is 42.7. The number of nitrogens with one attached hydrogen (secondary N) is 1. The Labute approximate surface area is 146 Å². The number of hydrogen-bond acceptors (Lipinski definition) is 3. The zero-order valence-corrected chi connectivity index (χ0v) is 14.7. The van der Waals surface area contributed by atoms with E-state index in [1.165, 1.54) is 0 Å². The number of nitrogens with zero attached hydrogens (tertiary/aromatic N) is 4. The fourth-order valence-electron chi connectivity index (χ4n) is 2.99. The third-order valence-electron chi connectivity index (χ3n) is 4.35. The maximum Gasteiger partial charge on any atom is 0.411 e. The van der Waals surface area contributed by atoms with Gasteiger partial charge in [0.15, 0.2) is 5.96 Å². The summed E-state index contributed by atoms with van der Waals surface area (Å²) in [4.78, 5) is 10.6. The fraction of sp³-hybridized carbons (Fsp3) is 0.750. The van der Waals surface area contributed by atoms with Gasteiger partial charge in [-0.2, -0.15) is 13.2 Å². The third-order valence-corrected chi connectivity index (χ3v) is 4.35. The number of rotatable bonds is 6. The molecule has 6 nitrogen and oxygen atoms in total. The second-order valence-corrected chi connectivity index (χ2v) is 6.28. The molecule has 1 aromatic rings. The first-order valence-corrected chi connectivity index (χ1v) is 8.48. The fourth-order valence-corrected chi connectivity index (χ4v) is 2.99. The average Bonchev–Trinajstić information content (AvgIpc) is 3.08. The highest BCUT2D eigenvalue weighted by molar-refractivity contribution is 5.80. The van der Waals surface area contributed by atoms with Crippen LogP contribution in [0.1, 0.15) is 25.8 Å². The molecule has 2 atom stereocenters. The van der Waals surface area contributed by atoms with Crippen LogP contribution >= 0.6 is 0 Å². The maximum absolute atomic E-state index is 12.0. The Balaban J connectivity index is 1.76. The summed E-state index contributed by atoms with van der Waals surface area (Å²) in [5.74, 6) is 1.31. The summed E-state index contributed by atoms with van der Waals surface area (Å²) in [7, 11) is 1.72. The number of halogens is 3. The number of likely N-dealkylation sites (tertiary alicyclic amines) is 1. The molecule has 0 bridgehead atoms. The summed E-state index contributed by atoms with van der Waals surface area (Å²) in [5.41, 5.74) is 0. The molecule has 0 saturated carbocycles. The van der Waals surface area contributed by atoms with E-state index in [-0.39, 0.29) is 6.61 Å². The molecule has 1 fully saturated rings. The lowest BCUT2D eigenvalue weighted by Gasteiger charge is -2.39. The first kappa shape index (κ1) is 19.6. The zero-order valence-electron chi connectivity index (χ0n) is 14.7. The Morgan fingerprint density at radius 1 is 1.44 bits per heavy atom. The molecule has 1 aliphatic rings. The van der Waals surface area contributed by atoms with Gasteiger partial charge >= 0.3 is 6.18 Å². The predicted octanol–water partition coefficient (Wildman–Crippen LogP) is 2.31. The van der Waals surface area contributed by atoms with Crippen molar-refractivity contribution < 1.29 is 17.9 Å². The van der Waals surface area contributed by atoms with Gasteiger partial charge in [-0.25, -0.2) is 4.98 Å². The molecule has 9 heteroatoms. The first-order chi connectivity index (χ1) is 11.9. The third kappa shape index (κ3) is 6.22. The number of guanidine groups is 1. The van der Waals surface area contributed by atoms with Crippen LogP contribution in [0.15, 0.2) is 23.7 Å². The number of ether oxygens (including phenoxy) is 1. The van der Waals surface area contributed by atoms with Crippen LogP contribution in [-0.4, -0.2) is 66.5 Å². The van der Waals surface area contributed by atoms with Crippen molar-refractivity contribution in [2.24, 2.45) is 10.9 Å². The summed E-state index contributed by atoms with van der Waals surface area (Å²) >= 11 is 0. The van der Waals surface area contributed by atoms with Crippen molar-refractivity contribution in [3.63, 3.8) is 0 Å². The van der Waals surface area contributed by atoms with Crippen molar-refractivity contribution in [1.82, 2.24) is 19.8 Å². The first-order valence-electron chi connectivity index (χ1n) is 8.48. The molecule has 0 aromatic carbocycles. The Hall–Kier alpha value is -1.77. The van der Waals surface area contributed by atoms with Gasteiger partial charge in [-0.05, 0) is 18.8 Å². The second kappa shape index (κ2) is 9.07. The molecule has 0 spiro atoms. The van der Waals surface area contributed by atoms with Crippen LogP contribution in [0.25, 0.3) is 0 Å². The van der Waals surface area contributed by atoms with E-state index < -0.39 is 12.8 Å². The van der Waals surface area contributed by atoms with Gasteiger partial charge in [0, 0.05) is 45.7 Å². The largest absolute Gasteiger partial charge is 0.411 e. The Morgan fingerprint density at radius 2 is 2.24 bits per heavy atom. The molecule has 0 aliphatic carbocycles. The number of aromatic nitrogens is 2. The normalized spacial score (nSPS) is 22.3. The van der Waals surface area contributed by atoms with E-state index in [1.807, 2.05) is 12.5 Å². The van der Waals surface area contributed by atoms with Crippen molar-refractivity contribution in [2.75, 3.05) is 39.9 Å². The number of hydrogen-bond donors (Lipinski definition) is 1. The second-order valence-electron chi connectivity index (χ2n) is 6.28. The van der Waals surface area contributed by atoms with Crippen LogP contribution in [-0.2, 0) is 4.74 Å². The summed E-state index contributed by atoms with van der Waals surface area (Å²) in [6, 6.07) is 0.324. The lowest BCUT2D eigenvalue weighted by molar-refractivity contribution is -0.173. The molecule has 2 heterocycles. The van der Waals surface area contributed by atoms with E-state index >= 15 is 0 Å². The summed E-state index contributed by atoms with van der Waals surface area (Å²) in [5, 5.41) is 3.21. The minimum atomic E-state index is -4.27. The molecule has 2 rings (SSSR count). The van der Waals surface area contributed by atoms with Gasteiger partial charge < -0.3 is 19.5 Å². The SMILES string of the molecule is CN=C(NCCCOCC(F)(F)F)N1CCC(C)C(n2ccnc2)C1. The van der Waals surface area contributed by atoms with Crippen LogP contribution in [0.4, 0.5) is 13.2 Å². The molecule has 1 aliphatic heterocycles. The van der Waals surface area contributed by atoms with Gasteiger partial charge in [0.1, 0.15) is 6.61 Å². The minimum Gasteiger partial charge on any atom is -0.372 e. The number of alkyl halides is 3. The lowest BCUT2D eigenvalue weighted by Crippen LogP contribution is -2.49. The predicted molar refractivity (Wildman–Crippen MR) is 89.5 cm³/mol. The highest BCUT2D eigenvalue weighted by atomic mass is 19.4. The molecule has 1 N–H and O–H groups in total. The average molecular weight is 361 g/mol. The van der Waals surface area contributed by atoms with E-state index in [9.17, 15) is 13.2 Å². The Bertz CT molecular complexity index is 532. The highest BCUT2D eigenvalue weighted by Gasteiger charge is 2.29. The highest BCUT2D eigenvalue weighted by Crippen LogP contribution is 2.27. The minimum absolute atomic E-state index is 0.0677. The summed E-state index contributed by atoms with van der Waals surface area (Å²) in [6.45, 7) is 3.34. The maximum atomic E-state index is 12.0. The van der Waals surface area contributed by atoms with E-state index in [4.69, 9.17) is 0 Å². The van der Waals surface area contributed by atoms with Crippen molar-refractivity contribution >= 4 is 5.96 Å². The monoisotopic (exact) mass is 361 g/mol. The van der Waals surface area contributed by atoms with Crippen molar-refractivity contribution in [3.05, 3.63) is 18.7 Å². The smallest absolute Gasteiger partial charge is 0.372 e. The molecule has 142 valence electrons. The van der Waals surface area contributed by atoms with Crippen LogP contribution in [0, 0.1) is 5.92 Å². The van der Waals surface area contributed by atoms with Crippen molar-refractivity contribution in [2.45, 2.75) is 32.0 Å². The standard InChI is InChI=1S/C16H26F3N5O/c1-13-4-7-23(10-14(13)24-8-6-21-12-24)15(20-2)22-5-3-9-25-11-16(17,18)19/h6,8,12-14H,3-5,7,9-11H2,1-2H3,(H,20,22). The van der Waals surface area contributed by atoms with Crippen molar-refractivity contribution in [1.29, 1.82) is 0 Å². The van der Waals surface area contributed by atoms with Crippen LogP contribution < -0.4 is 5.32 Å². The van der Waals surface area contributed by atoms with E-state index in [2.05, 4.69) is 36.4 Å². The van der Waals surface area contributed by atoms with E-state index in [0.717, 1.165) is 25.5 Å². The van der Waals surface area contributed by atoms with Crippen LogP contribution in [0.2, 0.25) is 0 Å². The zero-order chi connectivity index (χ0) is 18.3. The Kier molecular flexibility index (Phi) is 7.10. The molecule has 1 saturated heterocycles. The number of piperidine rings is 1. The number of imidazole rings is 1. The van der Waals surface area contributed by atoms with Gasteiger partial charge in [0.25, 0.3) is 0 Å². The van der Waals surface area contributed by atoms with Gasteiger partial charge in [-0.15, -0.1) is 0 Å². The van der Waals surface area contributed by atoms with Crippen LogP contribution in [0.3, 0.4) is 0 Å². The van der Waals surface area contributed by atoms with E-state index in [1.54, 1.807) is 13.2 Å². The molecular weight excluding hydrogens is 335 g/mol. The van der Waals surface area contributed by atoms with E-state index in [0.29, 0.717) is 24.9 Å². The molecule has 25 heavy (non-hydrogen) atoms. The van der Waals surface area contributed by atoms with Gasteiger partial charge in [0.05, 0.1) is 12.4 Å². The molecule has 2 unspecified atom stereocenters. The summed E-state index contributed by atoms with van der Waals surface area (Å²) in [6.07, 6.45) is 2.84. The molecular formula is C16H26F3N5O. The van der Waals surface area contributed by atoms with Crippen molar-refractivity contribution in [3.8, 4) is 0 Å².